The Hall–Kier alpha value is -0.960. The molecular formula is C11H13FOS. The van der Waals surface area contributed by atoms with Crippen molar-refractivity contribution in [3.8, 4) is 5.75 Å². The lowest BCUT2D eigenvalue weighted by atomic mass is 10.2. The second-order valence-electron chi connectivity index (χ2n) is 2.81. The van der Waals surface area contributed by atoms with E-state index in [1.54, 1.807) is 6.07 Å². The van der Waals surface area contributed by atoms with Crippen LogP contribution in [0.1, 0.15) is 12.0 Å². The number of thiol groups is 1. The van der Waals surface area contributed by atoms with E-state index in [1.165, 1.54) is 13.2 Å². The molecule has 76 valence electrons. The largest absolute Gasteiger partial charge is 0.494 e. The normalized spacial score (nSPS) is 10.8. The molecule has 0 saturated carbocycles. The van der Waals surface area contributed by atoms with E-state index in [9.17, 15) is 4.39 Å². The Bertz CT molecular complexity index is 323. The molecule has 0 atom stereocenters. The Labute approximate surface area is 89.0 Å². The third-order valence-corrected chi connectivity index (χ3v) is 2.04. The van der Waals surface area contributed by atoms with Crippen molar-refractivity contribution in [3.05, 3.63) is 35.7 Å². The minimum Gasteiger partial charge on any atom is -0.494 e. The van der Waals surface area contributed by atoms with Gasteiger partial charge in [-0.1, -0.05) is 18.2 Å². The first-order valence-electron chi connectivity index (χ1n) is 4.39. The molecule has 3 heteroatoms. The molecule has 0 bridgehead atoms. The molecule has 0 N–H and O–H groups in total. The second-order valence-corrected chi connectivity index (χ2v) is 3.26. The van der Waals surface area contributed by atoms with Crippen LogP contribution in [0.2, 0.25) is 0 Å². The molecule has 0 radical (unpaired) electrons. The molecule has 1 nitrogen and oxygen atoms in total. The number of methoxy groups -OCH3 is 1. The maximum atomic E-state index is 13.2. The first kappa shape index (κ1) is 11.1. The zero-order valence-corrected chi connectivity index (χ0v) is 8.93. The van der Waals surface area contributed by atoms with Gasteiger partial charge in [-0.15, -0.1) is 0 Å². The van der Waals surface area contributed by atoms with E-state index in [0.29, 0.717) is 0 Å². The predicted octanol–water partition coefficient (Wildman–Crippen LogP) is 3.17. The van der Waals surface area contributed by atoms with E-state index >= 15 is 0 Å². The molecule has 0 heterocycles. The van der Waals surface area contributed by atoms with Gasteiger partial charge in [0.1, 0.15) is 0 Å². The van der Waals surface area contributed by atoms with E-state index in [4.69, 9.17) is 4.74 Å². The predicted molar refractivity (Wildman–Crippen MR) is 60.5 cm³/mol. The van der Waals surface area contributed by atoms with Gasteiger partial charge in [-0.25, -0.2) is 4.39 Å². The fourth-order valence-corrected chi connectivity index (χ4v) is 1.23. The summed E-state index contributed by atoms with van der Waals surface area (Å²) in [6.07, 6.45) is 4.73. The summed E-state index contributed by atoms with van der Waals surface area (Å²) in [7, 11) is 1.45. The maximum Gasteiger partial charge on any atom is 0.165 e. The van der Waals surface area contributed by atoms with Crippen LogP contribution in [0.3, 0.4) is 0 Å². The molecule has 0 spiro atoms. The van der Waals surface area contributed by atoms with Gasteiger partial charge in [-0.05, 0) is 29.9 Å². The van der Waals surface area contributed by atoms with Crippen molar-refractivity contribution in [1.82, 2.24) is 0 Å². The SMILES string of the molecule is COc1ccc(C=CCCS)cc1F. The first-order valence-corrected chi connectivity index (χ1v) is 5.02. The highest BCUT2D eigenvalue weighted by molar-refractivity contribution is 7.80. The van der Waals surface area contributed by atoms with Crippen LogP contribution in [-0.4, -0.2) is 12.9 Å². The molecular weight excluding hydrogens is 199 g/mol. The second kappa shape index (κ2) is 5.70. The first-order chi connectivity index (χ1) is 6.77. The Kier molecular flexibility index (Phi) is 4.53. The molecule has 0 aliphatic heterocycles. The molecule has 14 heavy (non-hydrogen) atoms. The van der Waals surface area contributed by atoms with Crippen LogP contribution in [-0.2, 0) is 0 Å². The third kappa shape index (κ3) is 3.07. The van der Waals surface area contributed by atoms with Crippen molar-refractivity contribution in [2.45, 2.75) is 6.42 Å². The van der Waals surface area contributed by atoms with Crippen molar-refractivity contribution in [1.29, 1.82) is 0 Å². The number of rotatable bonds is 4. The monoisotopic (exact) mass is 212 g/mol. The Balaban J connectivity index is 2.76. The van der Waals surface area contributed by atoms with Crippen molar-refractivity contribution >= 4 is 18.7 Å². The van der Waals surface area contributed by atoms with Crippen LogP contribution in [0.15, 0.2) is 24.3 Å². The van der Waals surface area contributed by atoms with Gasteiger partial charge < -0.3 is 4.74 Å². The minimum absolute atomic E-state index is 0.274. The molecule has 0 amide bonds. The van der Waals surface area contributed by atoms with Gasteiger partial charge >= 0.3 is 0 Å². The summed E-state index contributed by atoms with van der Waals surface area (Å²) in [5, 5.41) is 0. The van der Waals surface area contributed by atoms with Gasteiger partial charge in [0.05, 0.1) is 7.11 Å². The summed E-state index contributed by atoms with van der Waals surface area (Å²) < 4.78 is 18.0. The summed E-state index contributed by atoms with van der Waals surface area (Å²) in [4.78, 5) is 0. The zero-order valence-electron chi connectivity index (χ0n) is 8.03. The van der Waals surface area contributed by atoms with E-state index in [-0.39, 0.29) is 11.6 Å². The van der Waals surface area contributed by atoms with Crippen LogP contribution in [0.25, 0.3) is 6.08 Å². The van der Waals surface area contributed by atoms with Crippen LogP contribution in [0.5, 0.6) is 5.75 Å². The zero-order chi connectivity index (χ0) is 10.4. The van der Waals surface area contributed by atoms with Crippen LogP contribution < -0.4 is 4.74 Å². The molecule has 0 saturated heterocycles. The highest BCUT2D eigenvalue weighted by atomic mass is 32.1. The highest BCUT2D eigenvalue weighted by Crippen LogP contribution is 2.18. The van der Waals surface area contributed by atoms with Crippen molar-refractivity contribution < 1.29 is 9.13 Å². The Morgan fingerprint density at radius 3 is 2.86 bits per heavy atom. The fourth-order valence-electron chi connectivity index (χ4n) is 1.08. The lowest BCUT2D eigenvalue weighted by Crippen LogP contribution is -1.87. The molecule has 0 unspecified atom stereocenters. The molecule has 1 aromatic rings. The minimum atomic E-state index is -0.333. The number of allylic oxidation sites excluding steroid dienone is 1. The average molecular weight is 212 g/mol. The van der Waals surface area contributed by atoms with Gasteiger partial charge in [0.2, 0.25) is 0 Å². The highest BCUT2D eigenvalue weighted by Gasteiger charge is 2.00. The smallest absolute Gasteiger partial charge is 0.165 e. The molecule has 0 fully saturated rings. The Morgan fingerprint density at radius 2 is 2.29 bits per heavy atom. The quantitative estimate of drug-likeness (QED) is 0.754. The number of hydrogen-bond acceptors (Lipinski definition) is 2. The molecule has 1 aromatic carbocycles. The fraction of sp³-hybridized carbons (Fsp3) is 0.273. The van der Waals surface area contributed by atoms with E-state index < -0.39 is 0 Å². The molecule has 1 rings (SSSR count). The number of hydrogen-bond donors (Lipinski definition) is 1. The van der Waals surface area contributed by atoms with E-state index in [2.05, 4.69) is 12.6 Å². The lowest BCUT2D eigenvalue weighted by Gasteiger charge is -2.01. The third-order valence-electron chi connectivity index (χ3n) is 1.78. The summed E-state index contributed by atoms with van der Waals surface area (Å²) in [5.41, 5.74) is 0.838. The summed E-state index contributed by atoms with van der Waals surface area (Å²) in [5.74, 6) is 0.742. The van der Waals surface area contributed by atoms with Crippen molar-refractivity contribution in [2.24, 2.45) is 0 Å². The van der Waals surface area contributed by atoms with Gasteiger partial charge in [-0.3, -0.25) is 0 Å². The van der Waals surface area contributed by atoms with E-state index in [1.807, 2.05) is 18.2 Å². The molecule has 0 aromatic heterocycles. The van der Waals surface area contributed by atoms with Crippen LogP contribution in [0, 0.1) is 5.82 Å². The lowest BCUT2D eigenvalue weighted by molar-refractivity contribution is 0.386. The summed E-state index contributed by atoms with van der Waals surface area (Å²) in [6.45, 7) is 0. The van der Waals surface area contributed by atoms with Gasteiger partial charge in [0.25, 0.3) is 0 Å². The van der Waals surface area contributed by atoms with Crippen LogP contribution in [0.4, 0.5) is 4.39 Å². The van der Waals surface area contributed by atoms with Crippen LogP contribution >= 0.6 is 12.6 Å². The van der Waals surface area contributed by atoms with Gasteiger partial charge in [-0.2, -0.15) is 12.6 Å². The van der Waals surface area contributed by atoms with Gasteiger partial charge in [0, 0.05) is 0 Å². The maximum absolute atomic E-state index is 13.2. The van der Waals surface area contributed by atoms with Crippen molar-refractivity contribution in [3.63, 3.8) is 0 Å². The standard InChI is InChI=1S/C11H13FOS/c1-13-11-6-5-9(8-10(11)12)4-2-3-7-14/h2,4-6,8,14H,3,7H2,1H3. The number of ether oxygens (including phenoxy) is 1. The number of halogens is 1. The summed E-state index contributed by atoms with van der Waals surface area (Å²) >= 11 is 4.07. The molecule has 0 aliphatic rings. The topological polar surface area (TPSA) is 9.23 Å². The Morgan fingerprint density at radius 1 is 1.50 bits per heavy atom. The average Bonchev–Trinajstić information content (AvgIpc) is 2.18. The molecule has 0 aliphatic carbocycles. The van der Waals surface area contributed by atoms with Gasteiger partial charge in [0.15, 0.2) is 11.6 Å². The van der Waals surface area contributed by atoms with E-state index in [0.717, 1.165) is 17.7 Å². The number of benzene rings is 1. The summed E-state index contributed by atoms with van der Waals surface area (Å²) in [6, 6.07) is 4.89. The van der Waals surface area contributed by atoms with Crippen molar-refractivity contribution in [2.75, 3.05) is 12.9 Å².